The molecule has 0 bridgehead atoms. The summed E-state index contributed by atoms with van der Waals surface area (Å²) in [6.07, 6.45) is 0. The van der Waals surface area contributed by atoms with Gasteiger partial charge in [0.25, 0.3) is 0 Å². The molecule has 192 valence electrons. The maximum absolute atomic E-state index is 13.8. The van der Waals surface area contributed by atoms with Crippen LogP contribution in [0.4, 0.5) is 0 Å². The first-order valence-electron chi connectivity index (χ1n) is 12.6. The van der Waals surface area contributed by atoms with E-state index in [2.05, 4.69) is 0 Å². The third-order valence-electron chi connectivity index (χ3n) is 7.41. The number of hydrogen-bond donors (Lipinski definition) is 0. The highest BCUT2D eigenvalue weighted by atomic mass is 16.6. The highest BCUT2D eigenvalue weighted by Crippen LogP contribution is 2.51. The number of hydrogen-bond acceptors (Lipinski definition) is 5. The van der Waals surface area contributed by atoms with E-state index < -0.39 is 35.5 Å². The van der Waals surface area contributed by atoms with E-state index in [1.165, 1.54) is 14.0 Å². The number of β-lactam (4-membered cyclic amide) rings is 1. The van der Waals surface area contributed by atoms with Crippen LogP contribution in [0.3, 0.4) is 0 Å². The zero-order valence-corrected chi connectivity index (χ0v) is 21.5. The van der Waals surface area contributed by atoms with Crippen LogP contribution in [0, 0.1) is 5.92 Å². The predicted octanol–water partition coefficient (Wildman–Crippen LogP) is 5.41. The van der Waals surface area contributed by atoms with Gasteiger partial charge in [0.15, 0.2) is 11.5 Å². The normalized spacial score (nSPS) is 18.0. The molecule has 1 amide bonds. The Hall–Kier alpha value is -4.45. The first kappa shape index (κ1) is 25.2. The number of amides is 1. The highest BCUT2D eigenvalue weighted by molar-refractivity contribution is 6.04. The van der Waals surface area contributed by atoms with Crippen molar-refractivity contribution >= 4 is 28.6 Å². The molecule has 0 aromatic heterocycles. The van der Waals surface area contributed by atoms with Crippen molar-refractivity contribution in [3.05, 3.63) is 120 Å². The third-order valence-corrected chi connectivity index (χ3v) is 7.41. The van der Waals surface area contributed by atoms with Crippen LogP contribution in [0.5, 0.6) is 0 Å². The largest absolute Gasteiger partial charge is 0.468 e. The summed E-state index contributed by atoms with van der Waals surface area (Å²) in [7, 11) is 1.27. The van der Waals surface area contributed by atoms with E-state index >= 15 is 0 Å². The zero-order valence-electron chi connectivity index (χ0n) is 21.5. The van der Waals surface area contributed by atoms with E-state index in [0.717, 1.165) is 16.3 Å². The van der Waals surface area contributed by atoms with Crippen LogP contribution in [0.1, 0.15) is 36.6 Å². The van der Waals surface area contributed by atoms with Crippen LogP contribution in [0.25, 0.3) is 10.8 Å². The Labute approximate surface area is 221 Å². The maximum Gasteiger partial charge on any atom is 0.320 e. The number of nitrogens with zero attached hydrogens (tertiary/aromatic N) is 1. The summed E-state index contributed by atoms with van der Waals surface area (Å²) in [5, 5.41) is 2.05. The number of carbonyl (C=O) groups excluding carboxylic acids is 3. The number of benzene rings is 4. The van der Waals surface area contributed by atoms with E-state index in [9.17, 15) is 14.4 Å². The fraction of sp³-hybridized carbons (Fsp3) is 0.219. The van der Waals surface area contributed by atoms with Crippen LogP contribution in [0.15, 0.2) is 103 Å². The second-order valence-electron chi connectivity index (χ2n) is 9.50. The number of likely N-dealkylation sites (tertiary alicyclic amines) is 1. The molecule has 0 aliphatic carbocycles. The first-order chi connectivity index (χ1) is 18.4. The number of methoxy groups -OCH3 is 1. The van der Waals surface area contributed by atoms with E-state index in [1.807, 2.05) is 110 Å². The molecule has 0 spiro atoms. The SMILES string of the molecule is COC(=O)[C@@H]1C(=O)N(C(C)c2cccc3ccccc23)[C@H]1C(OC(C)=O)(c1ccccc1)c1ccccc1. The molecule has 0 radical (unpaired) electrons. The van der Waals surface area contributed by atoms with E-state index in [0.29, 0.717) is 11.1 Å². The monoisotopic (exact) mass is 507 g/mol. The van der Waals surface area contributed by atoms with Crippen LogP contribution >= 0.6 is 0 Å². The van der Waals surface area contributed by atoms with Crippen molar-refractivity contribution < 1.29 is 23.9 Å². The van der Waals surface area contributed by atoms with Crippen molar-refractivity contribution in [1.82, 2.24) is 4.90 Å². The average Bonchev–Trinajstić information content (AvgIpc) is 2.95. The van der Waals surface area contributed by atoms with E-state index in [-0.39, 0.29) is 5.91 Å². The Morgan fingerprint density at radius 3 is 1.95 bits per heavy atom. The molecule has 1 aliphatic heterocycles. The van der Waals surface area contributed by atoms with Gasteiger partial charge in [0.1, 0.15) is 6.04 Å². The lowest BCUT2D eigenvalue weighted by molar-refractivity contribution is -0.200. The molecule has 6 heteroatoms. The standard InChI is InChI=1S/C32H29NO5/c1-21(26-20-12-14-23-13-10-11-19-27(23)26)33-29(28(30(33)35)31(36)37-3)32(38-22(2)34,24-15-6-4-7-16-24)25-17-8-5-9-18-25/h4-21,28-29H,1-3H3/t21?,28-,29+/m0/s1. The van der Waals surface area contributed by atoms with Gasteiger partial charge in [0, 0.05) is 18.1 Å². The topological polar surface area (TPSA) is 72.9 Å². The molecule has 4 aromatic rings. The van der Waals surface area contributed by atoms with Crippen molar-refractivity contribution in [2.45, 2.75) is 31.5 Å². The Bertz CT molecular complexity index is 1440. The number of fused-ring (bicyclic) bond motifs is 1. The quantitative estimate of drug-likeness (QED) is 0.190. The average molecular weight is 508 g/mol. The summed E-state index contributed by atoms with van der Waals surface area (Å²) in [5.41, 5.74) is 0.786. The van der Waals surface area contributed by atoms with Gasteiger partial charge in [-0.3, -0.25) is 14.4 Å². The summed E-state index contributed by atoms with van der Waals surface area (Å²) in [4.78, 5) is 41.4. The Kier molecular flexibility index (Phi) is 6.72. The summed E-state index contributed by atoms with van der Waals surface area (Å²) >= 11 is 0. The van der Waals surface area contributed by atoms with Gasteiger partial charge in [-0.2, -0.15) is 0 Å². The van der Waals surface area contributed by atoms with Gasteiger partial charge >= 0.3 is 11.9 Å². The third kappa shape index (κ3) is 4.02. The highest BCUT2D eigenvalue weighted by Gasteiger charge is 2.65. The molecule has 38 heavy (non-hydrogen) atoms. The fourth-order valence-corrected chi connectivity index (χ4v) is 5.78. The lowest BCUT2D eigenvalue weighted by atomic mass is 9.68. The van der Waals surface area contributed by atoms with Gasteiger partial charge < -0.3 is 14.4 Å². The van der Waals surface area contributed by atoms with Gasteiger partial charge in [-0.15, -0.1) is 0 Å². The number of ether oxygens (including phenoxy) is 2. The minimum absolute atomic E-state index is 0.370. The first-order valence-corrected chi connectivity index (χ1v) is 12.6. The molecule has 6 nitrogen and oxygen atoms in total. The summed E-state index contributed by atoms with van der Waals surface area (Å²) in [6.45, 7) is 3.28. The second kappa shape index (κ2) is 10.1. The zero-order chi connectivity index (χ0) is 26.9. The van der Waals surface area contributed by atoms with E-state index in [4.69, 9.17) is 9.47 Å². The van der Waals surface area contributed by atoms with Gasteiger partial charge in [-0.25, -0.2) is 0 Å². The van der Waals surface area contributed by atoms with Crippen LogP contribution in [0.2, 0.25) is 0 Å². The summed E-state index contributed by atoms with van der Waals surface area (Å²) in [6, 6.07) is 31.2. The summed E-state index contributed by atoms with van der Waals surface area (Å²) < 4.78 is 11.4. The number of carbonyl (C=O) groups is 3. The van der Waals surface area contributed by atoms with E-state index in [1.54, 1.807) is 4.90 Å². The molecule has 4 aromatic carbocycles. The van der Waals surface area contributed by atoms with Crippen molar-refractivity contribution in [1.29, 1.82) is 0 Å². The van der Waals surface area contributed by atoms with Crippen molar-refractivity contribution in [3.63, 3.8) is 0 Å². The molecule has 3 atom stereocenters. The molecule has 1 heterocycles. The molecule has 1 saturated heterocycles. The smallest absolute Gasteiger partial charge is 0.320 e. The van der Waals surface area contributed by atoms with Gasteiger partial charge in [0.2, 0.25) is 5.91 Å². The molecule has 1 aliphatic rings. The number of esters is 2. The maximum atomic E-state index is 13.8. The van der Waals surface area contributed by atoms with Crippen LogP contribution in [-0.4, -0.2) is 35.9 Å². The lowest BCUT2D eigenvalue weighted by Crippen LogP contribution is -2.72. The molecule has 5 rings (SSSR count). The minimum atomic E-state index is -1.46. The molecule has 1 fully saturated rings. The van der Waals surface area contributed by atoms with Crippen molar-refractivity contribution in [2.24, 2.45) is 5.92 Å². The molecular formula is C32H29NO5. The molecule has 0 saturated carbocycles. The lowest BCUT2D eigenvalue weighted by Gasteiger charge is -2.56. The Morgan fingerprint density at radius 1 is 0.816 bits per heavy atom. The van der Waals surface area contributed by atoms with Crippen LogP contribution < -0.4 is 0 Å². The minimum Gasteiger partial charge on any atom is -0.468 e. The van der Waals surface area contributed by atoms with Gasteiger partial charge in [-0.1, -0.05) is 103 Å². The predicted molar refractivity (Wildman–Crippen MR) is 144 cm³/mol. The molecule has 0 N–H and O–H groups in total. The van der Waals surface area contributed by atoms with Crippen LogP contribution in [-0.2, 0) is 29.5 Å². The van der Waals surface area contributed by atoms with Crippen molar-refractivity contribution in [2.75, 3.05) is 7.11 Å². The second-order valence-corrected chi connectivity index (χ2v) is 9.50. The van der Waals surface area contributed by atoms with Crippen molar-refractivity contribution in [3.8, 4) is 0 Å². The van der Waals surface area contributed by atoms with Gasteiger partial charge in [-0.05, 0) is 23.3 Å². The molecule has 1 unspecified atom stereocenters. The Morgan fingerprint density at radius 2 is 1.37 bits per heavy atom. The number of rotatable bonds is 7. The molecular weight excluding hydrogens is 478 g/mol. The summed E-state index contributed by atoms with van der Waals surface area (Å²) in [5.74, 6) is -2.72. The fourth-order valence-electron chi connectivity index (χ4n) is 5.78. The van der Waals surface area contributed by atoms with Gasteiger partial charge in [0.05, 0.1) is 13.2 Å². The Balaban J connectivity index is 1.76.